The minimum Gasteiger partial charge on any atom is -0.467 e. The van der Waals surface area contributed by atoms with Crippen molar-refractivity contribution in [2.45, 2.75) is 25.2 Å². The Balaban J connectivity index is 2.57. The molecule has 1 aromatic rings. The summed E-state index contributed by atoms with van der Waals surface area (Å²) >= 11 is 0. The van der Waals surface area contributed by atoms with Crippen LogP contribution in [0.5, 0.6) is 0 Å². The molecule has 0 bridgehead atoms. The van der Waals surface area contributed by atoms with Crippen LogP contribution in [0.15, 0.2) is 30.3 Å². The van der Waals surface area contributed by atoms with Crippen molar-refractivity contribution in [3.05, 3.63) is 35.9 Å². The number of nitrogens with one attached hydrogen (secondary N) is 1. The smallest absolute Gasteiger partial charge is 0.408 e. The van der Waals surface area contributed by atoms with Gasteiger partial charge in [0.1, 0.15) is 12.6 Å². The first kappa shape index (κ1) is 18.4. The molecule has 0 aliphatic heterocycles. The summed E-state index contributed by atoms with van der Waals surface area (Å²) in [4.78, 5) is 34.5. The molecule has 0 saturated carbocycles. The number of hydrogen-bond donors (Lipinski definition) is 2. The number of methoxy groups -OCH3 is 2. The first-order chi connectivity index (χ1) is 11.0. The number of esters is 2. The molecule has 0 radical (unpaired) electrons. The monoisotopic (exact) mass is 325 g/mol. The fourth-order valence-electron chi connectivity index (χ4n) is 1.72. The van der Waals surface area contributed by atoms with E-state index in [1.807, 2.05) is 6.07 Å². The highest BCUT2D eigenvalue weighted by molar-refractivity contribution is 5.82. The minimum absolute atomic E-state index is 0.0140. The number of aliphatic hydroxyl groups is 1. The number of ether oxygens (including phenoxy) is 3. The zero-order valence-electron chi connectivity index (χ0n) is 12.9. The molecule has 0 spiro atoms. The second-order valence-corrected chi connectivity index (χ2v) is 4.56. The molecule has 2 atom stereocenters. The van der Waals surface area contributed by atoms with Gasteiger partial charge in [0.2, 0.25) is 0 Å². The first-order valence-corrected chi connectivity index (χ1v) is 6.78. The highest BCUT2D eigenvalue weighted by atomic mass is 16.6. The van der Waals surface area contributed by atoms with Gasteiger partial charge in [0.25, 0.3) is 0 Å². The molecule has 0 heterocycles. The van der Waals surface area contributed by atoms with Crippen molar-refractivity contribution in [1.29, 1.82) is 0 Å². The van der Waals surface area contributed by atoms with Gasteiger partial charge in [-0.15, -0.1) is 0 Å². The Morgan fingerprint density at radius 3 is 2.26 bits per heavy atom. The minimum atomic E-state index is -1.57. The van der Waals surface area contributed by atoms with Gasteiger partial charge in [-0.2, -0.15) is 0 Å². The third kappa shape index (κ3) is 6.35. The van der Waals surface area contributed by atoms with E-state index in [0.29, 0.717) is 0 Å². The van der Waals surface area contributed by atoms with Crippen LogP contribution in [-0.4, -0.2) is 49.5 Å². The lowest BCUT2D eigenvalue weighted by atomic mass is 10.1. The number of benzene rings is 1. The molecule has 0 aliphatic carbocycles. The summed E-state index contributed by atoms with van der Waals surface area (Å²) in [7, 11) is 2.22. The lowest BCUT2D eigenvalue weighted by Crippen LogP contribution is -2.45. The molecule has 2 N–H and O–H groups in total. The van der Waals surface area contributed by atoms with Crippen molar-refractivity contribution < 1.29 is 33.7 Å². The second kappa shape index (κ2) is 9.42. The van der Waals surface area contributed by atoms with Gasteiger partial charge in [0.05, 0.1) is 14.2 Å². The van der Waals surface area contributed by atoms with Gasteiger partial charge in [-0.25, -0.2) is 14.4 Å². The van der Waals surface area contributed by atoms with Crippen molar-refractivity contribution in [3.8, 4) is 0 Å². The normalized spacial score (nSPS) is 12.7. The van der Waals surface area contributed by atoms with E-state index in [1.54, 1.807) is 24.3 Å². The van der Waals surface area contributed by atoms with E-state index in [4.69, 9.17) is 4.74 Å². The number of alkyl carbamates (subject to hydrolysis) is 1. The standard InChI is InChI=1S/C15H19NO7/c1-21-13(18)11(8-12(17)14(19)22-2)16-15(20)23-9-10-6-4-3-5-7-10/h3-7,11-12,17H,8-9H2,1-2H3,(H,16,20)/t11-,12-/m0/s1. The predicted molar refractivity (Wildman–Crippen MR) is 78.2 cm³/mol. The summed E-state index contributed by atoms with van der Waals surface area (Å²) in [5, 5.41) is 11.8. The van der Waals surface area contributed by atoms with E-state index in [0.717, 1.165) is 19.8 Å². The quantitative estimate of drug-likeness (QED) is 0.550. The number of carbonyl (C=O) groups excluding carboxylic acids is 3. The molecule has 8 nitrogen and oxygen atoms in total. The Hall–Kier alpha value is -2.61. The fraction of sp³-hybridized carbons (Fsp3) is 0.400. The van der Waals surface area contributed by atoms with E-state index in [2.05, 4.69) is 14.8 Å². The lowest BCUT2D eigenvalue weighted by molar-refractivity contribution is -0.152. The fourth-order valence-corrected chi connectivity index (χ4v) is 1.72. The molecule has 0 aliphatic rings. The van der Waals surface area contributed by atoms with E-state index < -0.39 is 30.2 Å². The lowest BCUT2D eigenvalue weighted by Gasteiger charge is -2.18. The van der Waals surface area contributed by atoms with E-state index in [-0.39, 0.29) is 13.0 Å². The Labute approximate surface area is 133 Å². The Morgan fingerprint density at radius 2 is 1.70 bits per heavy atom. The summed E-state index contributed by atoms with van der Waals surface area (Å²) in [6.07, 6.45) is -2.83. The van der Waals surface area contributed by atoms with Crippen molar-refractivity contribution in [3.63, 3.8) is 0 Å². The Morgan fingerprint density at radius 1 is 1.09 bits per heavy atom. The maximum atomic E-state index is 11.7. The molecular formula is C15H19NO7. The highest BCUT2D eigenvalue weighted by Crippen LogP contribution is 2.05. The van der Waals surface area contributed by atoms with Gasteiger partial charge in [0, 0.05) is 6.42 Å². The SMILES string of the molecule is COC(=O)[C@H](C[C@H](O)C(=O)OC)NC(=O)OCc1ccccc1. The van der Waals surface area contributed by atoms with Crippen molar-refractivity contribution in [2.24, 2.45) is 0 Å². The topological polar surface area (TPSA) is 111 Å². The highest BCUT2D eigenvalue weighted by Gasteiger charge is 2.29. The van der Waals surface area contributed by atoms with Crippen LogP contribution in [0.3, 0.4) is 0 Å². The van der Waals surface area contributed by atoms with Gasteiger partial charge in [-0.05, 0) is 5.56 Å². The number of carbonyl (C=O) groups is 3. The molecule has 0 unspecified atom stereocenters. The summed E-state index contributed by atoms with van der Waals surface area (Å²) in [6, 6.07) is 7.71. The summed E-state index contributed by atoms with van der Waals surface area (Å²) in [5.74, 6) is -1.73. The first-order valence-electron chi connectivity index (χ1n) is 6.78. The molecule has 0 fully saturated rings. The van der Waals surface area contributed by atoms with Crippen LogP contribution in [0.2, 0.25) is 0 Å². The average molecular weight is 325 g/mol. The summed E-state index contributed by atoms with van der Waals surface area (Å²) in [5.41, 5.74) is 0.770. The van der Waals surface area contributed by atoms with Gasteiger partial charge in [-0.3, -0.25) is 0 Å². The van der Waals surface area contributed by atoms with Gasteiger partial charge in [0.15, 0.2) is 6.10 Å². The largest absolute Gasteiger partial charge is 0.467 e. The number of amides is 1. The maximum Gasteiger partial charge on any atom is 0.408 e. The van der Waals surface area contributed by atoms with Crippen LogP contribution in [0.1, 0.15) is 12.0 Å². The summed E-state index contributed by atoms with van der Waals surface area (Å²) < 4.78 is 13.8. The predicted octanol–water partition coefficient (Wildman–Crippen LogP) is 0.378. The molecule has 0 aromatic heterocycles. The molecule has 0 saturated heterocycles. The third-order valence-corrected chi connectivity index (χ3v) is 2.92. The third-order valence-electron chi connectivity index (χ3n) is 2.92. The van der Waals surface area contributed by atoms with Crippen molar-refractivity contribution >= 4 is 18.0 Å². The van der Waals surface area contributed by atoms with Crippen LogP contribution < -0.4 is 5.32 Å². The van der Waals surface area contributed by atoms with E-state index in [9.17, 15) is 19.5 Å². The zero-order valence-corrected chi connectivity index (χ0v) is 12.9. The number of hydrogen-bond acceptors (Lipinski definition) is 7. The molecule has 8 heteroatoms. The maximum absolute atomic E-state index is 11.7. The van der Waals surface area contributed by atoms with Crippen LogP contribution in [0.25, 0.3) is 0 Å². The van der Waals surface area contributed by atoms with Crippen LogP contribution in [-0.2, 0) is 30.4 Å². The number of aliphatic hydroxyl groups excluding tert-OH is 1. The Bertz CT molecular complexity index is 532. The molecule has 23 heavy (non-hydrogen) atoms. The molecule has 1 aromatic carbocycles. The van der Waals surface area contributed by atoms with Gasteiger partial charge in [-0.1, -0.05) is 30.3 Å². The zero-order chi connectivity index (χ0) is 17.2. The summed E-state index contributed by atoms with van der Waals surface area (Å²) in [6.45, 7) is 0.0140. The average Bonchev–Trinajstić information content (AvgIpc) is 2.58. The number of rotatable bonds is 7. The van der Waals surface area contributed by atoms with Crippen LogP contribution in [0, 0.1) is 0 Å². The van der Waals surface area contributed by atoms with E-state index >= 15 is 0 Å². The van der Waals surface area contributed by atoms with Crippen LogP contribution in [0.4, 0.5) is 4.79 Å². The van der Waals surface area contributed by atoms with E-state index in [1.165, 1.54) is 0 Å². The molecule has 126 valence electrons. The second-order valence-electron chi connectivity index (χ2n) is 4.56. The van der Waals surface area contributed by atoms with Gasteiger partial charge >= 0.3 is 18.0 Å². The molecular weight excluding hydrogens is 306 g/mol. The van der Waals surface area contributed by atoms with Crippen molar-refractivity contribution in [1.82, 2.24) is 5.32 Å². The van der Waals surface area contributed by atoms with Gasteiger partial charge < -0.3 is 24.6 Å². The van der Waals surface area contributed by atoms with Crippen LogP contribution >= 0.6 is 0 Å². The molecule has 1 rings (SSSR count). The molecule has 1 amide bonds. The van der Waals surface area contributed by atoms with Crippen molar-refractivity contribution in [2.75, 3.05) is 14.2 Å². The Kier molecular flexibility index (Phi) is 7.55.